The summed E-state index contributed by atoms with van der Waals surface area (Å²) in [6, 6.07) is 7.91. The van der Waals surface area contributed by atoms with Gasteiger partial charge in [0.25, 0.3) is 0 Å². The predicted octanol–water partition coefficient (Wildman–Crippen LogP) is 1.65. The van der Waals surface area contributed by atoms with Crippen LogP contribution in [0.2, 0.25) is 0 Å². The van der Waals surface area contributed by atoms with Gasteiger partial charge in [0.05, 0.1) is 12.3 Å². The highest BCUT2D eigenvalue weighted by Gasteiger charge is 2.02. The molecule has 4 heteroatoms. The quantitative estimate of drug-likeness (QED) is 0.867. The highest BCUT2D eigenvalue weighted by atomic mass is 16.3. The van der Waals surface area contributed by atoms with Crippen LogP contribution in [0.5, 0.6) is 0 Å². The van der Waals surface area contributed by atoms with Crippen LogP contribution in [0, 0.1) is 0 Å². The van der Waals surface area contributed by atoms with Crippen molar-refractivity contribution in [3.63, 3.8) is 0 Å². The molecule has 4 nitrogen and oxygen atoms in total. The number of aromatic nitrogens is 2. The summed E-state index contributed by atoms with van der Waals surface area (Å²) < 4.78 is 0. The van der Waals surface area contributed by atoms with Gasteiger partial charge in [-0.15, -0.1) is 0 Å². The first-order valence-corrected chi connectivity index (χ1v) is 5.95. The molecular formula is C14H17N3O. The van der Waals surface area contributed by atoms with E-state index in [0.29, 0.717) is 5.69 Å². The molecule has 0 fully saturated rings. The number of pyridine rings is 2. The van der Waals surface area contributed by atoms with E-state index in [4.69, 9.17) is 5.11 Å². The van der Waals surface area contributed by atoms with E-state index in [9.17, 15) is 0 Å². The fourth-order valence-electron chi connectivity index (χ4n) is 1.76. The molecule has 2 aromatic heterocycles. The summed E-state index contributed by atoms with van der Waals surface area (Å²) in [4.78, 5) is 10.2. The lowest BCUT2D eigenvalue weighted by Crippen LogP contribution is -2.20. The second kappa shape index (κ2) is 6.12. The number of nitrogens with zero attached hydrogens (tertiary/aromatic N) is 3. The van der Waals surface area contributed by atoms with Crippen molar-refractivity contribution in [2.75, 3.05) is 18.5 Å². The molecular weight excluding hydrogens is 226 g/mol. The van der Waals surface area contributed by atoms with E-state index in [1.807, 2.05) is 43.7 Å². The number of aliphatic hydroxyl groups excluding tert-OH is 1. The van der Waals surface area contributed by atoms with Crippen molar-refractivity contribution >= 4 is 5.69 Å². The second-order valence-corrected chi connectivity index (χ2v) is 4.19. The number of rotatable bonds is 5. The highest BCUT2D eigenvalue weighted by molar-refractivity contribution is 5.45. The van der Waals surface area contributed by atoms with Crippen molar-refractivity contribution in [2.24, 2.45) is 0 Å². The SMILES string of the molecule is CN(CCc1ccncc1)c1ccnc(CO)c1. The van der Waals surface area contributed by atoms with Crippen LogP contribution < -0.4 is 4.90 Å². The maximum absolute atomic E-state index is 9.06. The Balaban J connectivity index is 1.97. The molecule has 0 aliphatic carbocycles. The van der Waals surface area contributed by atoms with E-state index in [-0.39, 0.29) is 6.61 Å². The number of hydrogen-bond acceptors (Lipinski definition) is 4. The topological polar surface area (TPSA) is 49.2 Å². The number of anilines is 1. The maximum atomic E-state index is 9.06. The summed E-state index contributed by atoms with van der Waals surface area (Å²) in [5.74, 6) is 0. The molecule has 0 atom stereocenters. The van der Waals surface area contributed by atoms with Crippen LogP contribution in [0.4, 0.5) is 5.69 Å². The lowest BCUT2D eigenvalue weighted by atomic mass is 10.2. The van der Waals surface area contributed by atoms with Gasteiger partial charge >= 0.3 is 0 Å². The minimum absolute atomic E-state index is 0.0218. The molecule has 0 saturated carbocycles. The zero-order chi connectivity index (χ0) is 12.8. The van der Waals surface area contributed by atoms with E-state index in [0.717, 1.165) is 18.7 Å². The molecule has 0 aliphatic heterocycles. The Morgan fingerprint density at radius 3 is 2.67 bits per heavy atom. The summed E-state index contributed by atoms with van der Waals surface area (Å²) >= 11 is 0. The highest BCUT2D eigenvalue weighted by Crippen LogP contribution is 2.13. The van der Waals surface area contributed by atoms with Crippen molar-refractivity contribution in [1.82, 2.24) is 9.97 Å². The van der Waals surface area contributed by atoms with Gasteiger partial charge in [-0.05, 0) is 36.2 Å². The van der Waals surface area contributed by atoms with Crippen LogP contribution in [-0.4, -0.2) is 28.7 Å². The summed E-state index contributed by atoms with van der Waals surface area (Å²) in [5, 5.41) is 9.06. The van der Waals surface area contributed by atoms with Gasteiger partial charge in [-0.2, -0.15) is 0 Å². The normalized spacial score (nSPS) is 10.3. The summed E-state index contributed by atoms with van der Waals surface area (Å²) in [6.07, 6.45) is 6.32. The Morgan fingerprint density at radius 1 is 1.17 bits per heavy atom. The first kappa shape index (κ1) is 12.5. The van der Waals surface area contributed by atoms with E-state index < -0.39 is 0 Å². The van der Waals surface area contributed by atoms with E-state index in [1.54, 1.807) is 6.20 Å². The molecule has 0 bridgehead atoms. The van der Waals surface area contributed by atoms with E-state index >= 15 is 0 Å². The minimum atomic E-state index is -0.0218. The molecule has 94 valence electrons. The Morgan fingerprint density at radius 2 is 1.94 bits per heavy atom. The number of likely N-dealkylation sites (N-methyl/N-ethyl adjacent to an activating group) is 1. The van der Waals surface area contributed by atoms with Crippen LogP contribution in [0.1, 0.15) is 11.3 Å². The molecule has 0 aliphatic rings. The molecule has 0 spiro atoms. The second-order valence-electron chi connectivity index (χ2n) is 4.19. The van der Waals surface area contributed by atoms with Crippen molar-refractivity contribution < 1.29 is 5.11 Å². The van der Waals surface area contributed by atoms with Gasteiger partial charge in [-0.25, -0.2) is 0 Å². The van der Waals surface area contributed by atoms with Crippen molar-refractivity contribution in [3.8, 4) is 0 Å². The molecule has 0 unspecified atom stereocenters. The Kier molecular flexibility index (Phi) is 4.25. The standard InChI is InChI=1S/C14H17N3O/c1-17(9-5-12-2-6-15-7-3-12)14-4-8-16-13(10-14)11-18/h2-4,6-8,10,18H,5,9,11H2,1H3. The van der Waals surface area contributed by atoms with E-state index in [1.165, 1.54) is 5.56 Å². The third kappa shape index (κ3) is 3.28. The molecule has 18 heavy (non-hydrogen) atoms. The molecule has 2 aromatic rings. The van der Waals surface area contributed by atoms with Crippen LogP contribution in [0.25, 0.3) is 0 Å². The third-order valence-corrected chi connectivity index (χ3v) is 2.89. The smallest absolute Gasteiger partial charge is 0.0853 e. The van der Waals surface area contributed by atoms with Gasteiger partial charge in [0.1, 0.15) is 0 Å². The maximum Gasteiger partial charge on any atom is 0.0853 e. The zero-order valence-corrected chi connectivity index (χ0v) is 10.5. The predicted molar refractivity (Wildman–Crippen MR) is 71.4 cm³/mol. The van der Waals surface area contributed by atoms with E-state index in [2.05, 4.69) is 14.9 Å². The average Bonchev–Trinajstić information content (AvgIpc) is 2.46. The lowest BCUT2D eigenvalue weighted by molar-refractivity contribution is 0.277. The number of hydrogen-bond donors (Lipinski definition) is 1. The molecule has 0 radical (unpaired) electrons. The monoisotopic (exact) mass is 243 g/mol. The van der Waals surface area contributed by atoms with Gasteiger partial charge in [-0.3, -0.25) is 9.97 Å². The van der Waals surface area contributed by atoms with Gasteiger partial charge in [0.2, 0.25) is 0 Å². The van der Waals surface area contributed by atoms with Crippen molar-refractivity contribution in [2.45, 2.75) is 13.0 Å². The largest absolute Gasteiger partial charge is 0.390 e. The summed E-state index contributed by atoms with van der Waals surface area (Å²) in [5.41, 5.74) is 3.04. The van der Waals surface area contributed by atoms with Crippen molar-refractivity contribution in [1.29, 1.82) is 0 Å². The molecule has 1 N–H and O–H groups in total. The first-order chi connectivity index (χ1) is 8.79. The molecule has 0 amide bonds. The Bertz CT molecular complexity index is 487. The summed E-state index contributed by atoms with van der Waals surface area (Å²) in [7, 11) is 2.04. The van der Waals surface area contributed by atoms with Gasteiger partial charge in [-0.1, -0.05) is 0 Å². The van der Waals surface area contributed by atoms with Crippen LogP contribution >= 0.6 is 0 Å². The fourth-order valence-corrected chi connectivity index (χ4v) is 1.76. The van der Waals surface area contributed by atoms with Gasteiger partial charge in [0.15, 0.2) is 0 Å². The van der Waals surface area contributed by atoms with Crippen LogP contribution in [0.15, 0.2) is 42.9 Å². The molecule has 0 aromatic carbocycles. The van der Waals surface area contributed by atoms with Gasteiger partial charge < -0.3 is 10.0 Å². The minimum Gasteiger partial charge on any atom is -0.390 e. The Hall–Kier alpha value is -1.94. The molecule has 2 rings (SSSR count). The Labute approximate surface area is 107 Å². The molecule has 0 saturated heterocycles. The first-order valence-electron chi connectivity index (χ1n) is 5.95. The zero-order valence-electron chi connectivity index (χ0n) is 10.5. The molecule has 2 heterocycles. The van der Waals surface area contributed by atoms with Crippen LogP contribution in [-0.2, 0) is 13.0 Å². The van der Waals surface area contributed by atoms with Crippen LogP contribution in [0.3, 0.4) is 0 Å². The third-order valence-electron chi connectivity index (χ3n) is 2.89. The average molecular weight is 243 g/mol. The van der Waals surface area contributed by atoms with Gasteiger partial charge in [0, 0.05) is 37.9 Å². The lowest BCUT2D eigenvalue weighted by Gasteiger charge is -2.19. The fraction of sp³-hybridized carbons (Fsp3) is 0.286. The summed E-state index contributed by atoms with van der Waals surface area (Å²) in [6.45, 7) is 0.894. The van der Waals surface area contributed by atoms with Crippen molar-refractivity contribution in [3.05, 3.63) is 54.1 Å². The number of aliphatic hydroxyl groups is 1.